The number of esters is 1. The minimum absolute atomic E-state index is 0.121. The average Bonchev–Trinajstić information content (AvgIpc) is 2.48. The lowest BCUT2D eigenvalue weighted by Crippen LogP contribution is -2.26. The molecule has 1 aliphatic heterocycles. The summed E-state index contributed by atoms with van der Waals surface area (Å²) >= 11 is 0. The number of nitrogen functional groups attached to an aromatic ring is 1. The highest BCUT2D eigenvalue weighted by molar-refractivity contribution is 7.84. The Balaban J connectivity index is 2.17. The maximum absolute atomic E-state index is 12.5. The van der Waals surface area contributed by atoms with E-state index in [1.807, 2.05) is 0 Å². The molecular weight excluding hydrogens is 290 g/mol. The normalized spacial score (nSPS) is 17.4. The van der Waals surface area contributed by atoms with Crippen LogP contribution in [0.25, 0.3) is 0 Å². The predicted octanol–water partition coefficient (Wildman–Crippen LogP) is 1.87. The molecular formula is C15H21NO4S. The number of hydrogen-bond acceptors (Lipinski definition) is 5. The summed E-state index contributed by atoms with van der Waals surface area (Å²) in [5.74, 6) is -0.126. The fourth-order valence-electron chi connectivity index (χ4n) is 2.40. The van der Waals surface area contributed by atoms with Gasteiger partial charge in [0.25, 0.3) is 0 Å². The van der Waals surface area contributed by atoms with Gasteiger partial charge in [-0.2, -0.15) is 0 Å². The van der Waals surface area contributed by atoms with Crippen molar-refractivity contribution in [3.63, 3.8) is 0 Å². The van der Waals surface area contributed by atoms with E-state index in [0.717, 1.165) is 12.8 Å². The summed E-state index contributed by atoms with van der Waals surface area (Å²) in [7, 11) is -1.04. The van der Waals surface area contributed by atoms with Crippen molar-refractivity contribution in [1.29, 1.82) is 0 Å². The molecule has 0 bridgehead atoms. The number of rotatable bonds is 5. The molecule has 6 heteroatoms. The van der Waals surface area contributed by atoms with Crippen LogP contribution in [-0.4, -0.2) is 35.2 Å². The van der Waals surface area contributed by atoms with E-state index in [4.69, 9.17) is 15.2 Å². The molecule has 1 aromatic carbocycles. The lowest BCUT2D eigenvalue weighted by atomic mass is 10.1. The topological polar surface area (TPSA) is 78.6 Å². The molecule has 0 radical (unpaired) electrons. The van der Waals surface area contributed by atoms with E-state index in [-0.39, 0.29) is 11.9 Å². The SMILES string of the molecule is CCOC(=O)c1c(N)cccc1CS(=O)C1CCOCC1. The quantitative estimate of drug-likeness (QED) is 0.663. The van der Waals surface area contributed by atoms with Gasteiger partial charge in [-0.25, -0.2) is 4.79 Å². The summed E-state index contributed by atoms with van der Waals surface area (Å²) in [6, 6.07) is 5.22. The molecule has 1 atom stereocenters. The molecule has 2 rings (SSSR count). The molecule has 1 heterocycles. The van der Waals surface area contributed by atoms with E-state index in [1.54, 1.807) is 25.1 Å². The Morgan fingerprint density at radius 1 is 1.43 bits per heavy atom. The molecule has 0 spiro atoms. The van der Waals surface area contributed by atoms with Crippen molar-refractivity contribution in [1.82, 2.24) is 0 Å². The van der Waals surface area contributed by atoms with E-state index in [2.05, 4.69) is 0 Å². The van der Waals surface area contributed by atoms with E-state index in [0.29, 0.717) is 35.8 Å². The van der Waals surface area contributed by atoms with Crippen LogP contribution in [-0.2, 0) is 26.0 Å². The molecule has 0 aliphatic carbocycles. The van der Waals surface area contributed by atoms with E-state index < -0.39 is 16.8 Å². The molecule has 1 unspecified atom stereocenters. The Bertz CT molecular complexity index is 526. The molecule has 1 saturated heterocycles. The van der Waals surface area contributed by atoms with Gasteiger partial charge in [-0.15, -0.1) is 0 Å². The Morgan fingerprint density at radius 3 is 2.81 bits per heavy atom. The van der Waals surface area contributed by atoms with Crippen molar-refractivity contribution < 1.29 is 18.5 Å². The number of anilines is 1. The van der Waals surface area contributed by atoms with Crippen LogP contribution in [0.3, 0.4) is 0 Å². The molecule has 2 N–H and O–H groups in total. The van der Waals surface area contributed by atoms with E-state index >= 15 is 0 Å². The first-order chi connectivity index (χ1) is 10.1. The molecule has 1 fully saturated rings. The van der Waals surface area contributed by atoms with Gasteiger partial charge in [0.2, 0.25) is 0 Å². The highest BCUT2D eigenvalue weighted by atomic mass is 32.2. The number of benzene rings is 1. The van der Waals surface area contributed by atoms with Crippen molar-refractivity contribution in [2.75, 3.05) is 25.6 Å². The first kappa shape index (κ1) is 16.0. The van der Waals surface area contributed by atoms with Crippen molar-refractivity contribution in [2.24, 2.45) is 0 Å². The first-order valence-electron chi connectivity index (χ1n) is 7.13. The highest BCUT2D eigenvalue weighted by Gasteiger charge is 2.23. The van der Waals surface area contributed by atoms with Crippen LogP contribution in [0.2, 0.25) is 0 Å². The van der Waals surface area contributed by atoms with Gasteiger partial charge in [-0.05, 0) is 31.4 Å². The number of carbonyl (C=O) groups excluding carboxylic acids is 1. The molecule has 0 saturated carbocycles. The molecule has 21 heavy (non-hydrogen) atoms. The van der Waals surface area contributed by atoms with Crippen LogP contribution in [0.15, 0.2) is 18.2 Å². The molecule has 1 aliphatic rings. The lowest BCUT2D eigenvalue weighted by molar-refractivity contribution is 0.0526. The summed E-state index contributed by atoms with van der Waals surface area (Å²) in [5.41, 5.74) is 7.30. The summed E-state index contributed by atoms with van der Waals surface area (Å²) < 4.78 is 22.8. The van der Waals surface area contributed by atoms with Gasteiger partial charge >= 0.3 is 5.97 Å². The van der Waals surface area contributed by atoms with Gasteiger partial charge in [0.1, 0.15) is 0 Å². The summed E-state index contributed by atoms with van der Waals surface area (Å²) in [5, 5.41) is 0.121. The van der Waals surface area contributed by atoms with Gasteiger partial charge in [-0.3, -0.25) is 4.21 Å². The van der Waals surface area contributed by atoms with Gasteiger partial charge in [0.15, 0.2) is 0 Å². The van der Waals surface area contributed by atoms with Crippen LogP contribution in [0.1, 0.15) is 35.7 Å². The number of nitrogens with two attached hydrogens (primary N) is 1. The number of ether oxygens (including phenoxy) is 2. The monoisotopic (exact) mass is 311 g/mol. The molecule has 0 amide bonds. The Morgan fingerprint density at radius 2 is 2.14 bits per heavy atom. The predicted molar refractivity (Wildman–Crippen MR) is 82.5 cm³/mol. The fraction of sp³-hybridized carbons (Fsp3) is 0.533. The smallest absolute Gasteiger partial charge is 0.340 e. The van der Waals surface area contributed by atoms with Crippen LogP contribution in [0, 0.1) is 0 Å². The largest absolute Gasteiger partial charge is 0.462 e. The van der Waals surface area contributed by atoms with Crippen molar-refractivity contribution in [3.05, 3.63) is 29.3 Å². The van der Waals surface area contributed by atoms with Crippen LogP contribution in [0.4, 0.5) is 5.69 Å². The maximum Gasteiger partial charge on any atom is 0.340 e. The van der Waals surface area contributed by atoms with Crippen LogP contribution < -0.4 is 5.73 Å². The molecule has 0 aromatic heterocycles. The van der Waals surface area contributed by atoms with Crippen molar-refractivity contribution >= 4 is 22.5 Å². The third-order valence-electron chi connectivity index (χ3n) is 3.50. The Hall–Kier alpha value is -1.40. The lowest BCUT2D eigenvalue weighted by Gasteiger charge is -2.22. The van der Waals surface area contributed by atoms with E-state index in [1.165, 1.54) is 0 Å². The molecule has 5 nitrogen and oxygen atoms in total. The summed E-state index contributed by atoms with van der Waals surface area (Å²) in [6.07, 6.45) is 1.59. The Labute approximate surface area is 127 Å². The summed E-state index contributed by atoms with van der Waals surface area (Å²) in [6.45, 7) is 3.34. The Kier molecular flexibility index (Phi) is 5.76. The minimum atomic E-state index is -1.04. The van der Waals surface area contributed by atoms with Crippen LogP contribution in [0.5, 0.6) is 0 Å². The summed E-state index contributed by atoms with van der Waals surface area (Å²) in [4.78, 5) is 12.0. The van der Waals surface area contributed by atoms with Crippen molar-refractivity contribution in [2.45, 2.75) is 30.8 Å². The number of carbonyl (C=O) groups is 1. The second-order valence-electron chi connectivity index (χ2n) is 4.94. The molecule has 116 valence electrons. The zero-order chi connectivity index (χ0) is 15.2. The van der Waals surface area contributed by atoms with Gasteiger partial charge in [0, 0.05) is 40.7 Å². The second-order valence-corrected chi connectivity index (χ2v) is 6.66. The van der Waals surface area contributed by atoms with Gasteiger partial charge in [0.05, 0.1) is 12.2 Å². The molecule has 1 aromatic rings. The second kappa shape index (κ2) is 7.56. The first-order valence-corrected chi connectivity index (χ1v) is 8.51. The minimum Gasteiger partial charge on any atom is -0.462 e. The zero-order valence-corrected chi connectivity index (χ0v) is 13.0. The maximum atomic E-state index is 12.5. The zero-order valence-electron chi connectivity index (χ0n) is 12.2. The third kappa shape index (κ3) is 4.04. The average molecular weight is 311 g/mol. The highest BCUT2D eigenvalue weighted by Crippen LogP contribution is 2.23. The van der Waals surface area contributed by atoms with Crippen LogP contribution >= 0.6 is 0 Å². The van der Waals surface area contributed by atoms with Crippen molar-refractivity contribution in [3.8, 4) is 0 Å². The third-order valence-corrected chi connectivity index (χ3v) is 5.31. The fourth-order valence-corrected chi connectivity index (χ4v) is 3.90. The van der Waals surface area contributed by atoms with Gasteiger partial charge in [-0.1, -0.05) is 12.1 Å². The van der Waals surface area contributed by atoms with E-state index in [9.17, 15) is 9.00 Å². The number of hydrogen-bond donors (Lipinski definition) is 1. The standard InChI is InChI=1S/C15H21NO4S/c1-2-20-15(17)14-11(4-3-5-13(14)16)10-21(18)12-6-8-19-9-7-12/h3-5,12H,2,6-10,16H2,1H3. The van der Waals surface area contributed by atoms with Gasteiger partial charge < -0.3 is 15.2 Å².